The van der Waals surface area contributed by atoms with E-state index in [0.717, 1.165) is 22.6 Å². The van der Waals surface area contributed by atoms with E-state index in [1.807, 2.05) is 50.2 Å². The zero-order valence-corrected chi connectivity index (χ0v) is 14.6. The van der Waals surface area contributed by atoms with Crippen LogP contribution >= 0.6 is 11.6 Å². The van der Waals surface area contributed by atoms with Gasteiger partial charge in [-0.05, 0) is 50.2 Å². The Bertz CT molecular complexity index is 959. The Labute approximate surface area is 151 Å². The highest BCUT2D eigenvalue weighted by Gasteiger charge is 2.09. The van der Waals surface area contributed by atoms with Crippen LogP contribution < -0.4 is 5.11 Å². The first kappa shape index (κ1) is 17.0. The molecule has 1 heterocycles. The molecular formula is C20H16ClN2O2-. The highest BCUT2D eigenvalue weighted by atomic mass is 35.5. The molecule has 0 spiro atoms. The molecule has 3 rings (SSSR count). The van der Waals surface area contributed by atoms with E-state index in [1.165, 1.54) is 12.1 Å². The van der Waals surface area contributed by atoms with Crippen LogP contribution in [0.1, 0.15) is 27.3 Å². The number of carbonyl (C=O) groups excluding carboxylic acids is 1. The van der Waals surface area contributed by atoms with Gasteiger partial charge in [-0.3, -0.25) is 4.99 Å². The maximum atomic E-state index is 11.1. The lowest BCUT2D eigenvalue weighted by atomic mass is 10.2. The van der Waals surface area contributed by atoms with E-state index in [-0.39, 0.29) is 10.6 Å². The van der Waals surface area contributed by atoms with Gasteiger partial charge in [0.1, 0.15) is 0 Å². The van der Waals surface area contributed by atoms with Crippen LogP contribution in [0.25, 0.3) is 5.69 Å². The molecule has 0 atom stereocenters. The van der Waals surface area contributed by atoms with E-state index in [9.17, 15) is 9.90 Å². The zero-order chi connectivity index (χ0) is 18.0. The summed E-state index contributed by atoms with van der Waals surface area (Å²) in [4.78, 5) is 15.4. The molecule has 1 aromatic heterocycles. The summed E-state index contributed by atoms with van der Waals surface area (Å²) in [6.07, 6.45) is 1.73. The summed E-state index contributed by atoms with van der Waals surface area (Å²) < 4.78 is 2.15. The molecule has 0 saturated heterocycles. The van der Waals surface area contributed by atoms with Crippen molar-refractivity contribution in [1.82, 2.24) is 4.57 Å². The number of aromatic nitrogens is 1. The molecule has 0 bridgehead atoms. The fourth-order valence-electron chi connectivity index (χ4n) is 2.79. The summed E-state index contributed by atoms with van der Waals surface area (Å²) in [5.41, 5.74) is 4.64. The van der Waals surface area contributed by atoms with Gasteiger partial charge in [0.2, 0.25) is 0 Å². The lowest BCUT2D eigenvalue weighted by Gasteiger charge is -2.09. The van der Waals surface area contributed by atoms with Gasteiger partial charge in [0.05, 0.1) is 11.7 Å². The van der Waals surface area contributed by atoms with Crippen LogP contribution in [0, 0.1) is 13.8 Å². The Kier molecular flexibility index (Phi) is 4.72. The number of aliphatic imine (C=N–C) groups is 1. The lowest BCUT2D eigenvalue weighted by molar-refractivity contribution is -0.255. The minimum absolute atomic E-state index is 0.0638. The molecule has 5 heteroatoms. The molecule has 0 unspecified atom stereocenters. The Balaban J connectivity index is 1.96. The maximum absolute atomic E-state index is 11.1. The molecule has 4 nitrogen and oxygen atoms in total. The molecular weight excluding hydrogens is 336 g/mol. The normalized spacial score (nSPS) is 11.2. The fourth-order valence-corrected chi connectivity index (χ4v) is 2.98. The average Bonchev–Trinajstić information content (AvgIpc) is 2.88. The van der Waals surface area contributed by atoms with Crippen LogP contribution in [-0.4, -0.2) is 16.8 Å². The third kappa shape index (κ3) is 3.49. The minimum atomic E-state index is -1.32. The number of para-hydroxylation sites is 1. The Morgan fingerprint density at radius 3 is 2.52 bits per heavy atom. The standard InChI is InChI=1S/C20H17ClN2O2/c1-13-10-15(14(2)23(13)17-6-4-3-5-7-17)12-22-16-8-9-19(21)18(11-16)20(24)25/h3-12H,1-2H3,(H,24,25)/p-1. The van der Waals surface area contributed by atoms with Gasteiger partial charge in [-0.1, -0.05) is 29.8 Å². The van der Waals surface area contributed by atoms with E-state index < -0.39 is 5.97 Å². The number of carboxylic acids is 1. The van der Waals surface area contributed by atoms with Crippen molar-refractivity contribution in [3.05, 3.63) is 82.1 Å². The monoisotopic (exact) mass is 351 g/mol. The van der Waals surface area contributed by atoms with E-state index in [2.05, 4.69) is 9.56 Å². The van der Waals surface area contributed by atoms with Crippen molar-refractivity contribution in [2.24, 2.45) is 4.99 Å². The molecule has 0 aliphatic heterocycles. The molecule has 0 saturated carbocycles. The zero-order valence-electron chi connectivity index (χ0n) is 13.9. The lowest BCUT2D eigenvalue weighted by Crippen LogP contribution is -2.22. The van der Waals surface area contributed by atoms with Gasteiger partial charge in [-0.15, -0.1) is 0 Å². The van der Waals surface area contributed by atoms with Gasteiger partial charge in [-0.25, -0.2) is 0 Å². The summed E-state index contributed by atoms with van der Waals surface area (Å²) in [5, 5.41) is 11.2. The van der Waals surface area contributed by atoms with Crippen LogP contribution in [0.3, 0.4) is 0 Å². The first-order valence-corrected chi connectivity index (χ1v) is 8.14. The van der Waals surface area contributed by atoms with Gasteiger partial charge < -0.3 is 14.5 Å². The van der Waals surface area contributed by atoms with E-state index in [1.54, 1.807) is 12.3 Å². The summed E-state index contributed by atoms with van der Waals surface area (Å²) >= 11 is 5.85. The molecule has 0 aliphatic carbocycles. The quantitative estimate of drug-likeness (QED) is 0.670. The van der Waals surface area contributed by atoms with Crippen molar-refractivity contribution in [2.45, 2.75) is 13.8 Å². The third-order valence-corrected chi connectivity index (χ3v) is 4.34. The Morgan fingerprint density at radius 2 is 1.84 bits per heavy atom. The van der Waals surface area contributed by atoms with Gasteiger partial charge in [0.25, 0.3) is 0 Å². The van der Waals surface area contributed by atoms with Crippen LogP contribution in [-0.2, 0) is 0 Å². The number of aryl methyl sites for hydroxylation is 1. The fraction of sp³-hybridized carbons (Fsp3) is 0.100. The SMILES string of the molecule is Cc1cc(C=Nc2ccc(Cl)c(C(=O)[O-])c2)c(C)n1-c1ccccc1. The molecule has 126 valence electrons. The predicted molar refractivity (Wildman–Crippen MR) is 98.3 cm³/mol. The van der Waals surface area contributed by atoms with Crippen molar-refractivity contribution >= 4 is 29.5 Å². The third-order valence-electron chi connectivity index (χ3n) is 4.01. The molecule has 0 aliphatic rings. The molecule has 0 amide bonds. The molecule has 3 aromatic rings. The largest absolute Gasteiger partial charge is 0.545 e. The van der Waals surface area contributed by atoms with E-state index >= 15 is 0 Å². The Hall–Kier alpha value is -2.85. The van der Waals surface area contributed by atoms with Crippen molar-refractivity contribution in [2.75, 3.05) is 0 Å². The van der Waals surface area contributed by atoms with E-state index in [0.29, 0.717) is 5.69 Å². The topological polar surface area (TPSA) is 57.4 Å². The number of carboxylic acid groups (broad SMARTS) is 1. The summed E-state index contributed by atoms with van der Waals surface area (Å²) in [6.45, 7) is 4.06. The second-order valence-corrected chi connectivity index (χ2v) is 6.11. The van der Waals surface area contributed by atoms with Crippen molar-refractivity contribution in [1.29, 1.82) is 0 Å². The Morgan fingerprint density at radius 1 is 1.12 bits per heavy atom. The van der Waals surface area contributed by atoms with Crippen molar-refractivity contribution in [3.63, 3.8) is 0 Å². The number of hydrogen-bond acceptors (Lipinski definition) is 3. The molecule has 0 N–H and O–H groups in total. The van der Waals surface area contributed by atoms with Gasteiger partial charge >= 0.3 is 0 Å². The highest BCUT2D eigenvalue weighted by Crippen LogP contribution is 2.23. The van der Waals surface area contributed by atoms with Gasteiger partial charge in [0.15, 0.2) is 0 Å². The number of nitrogens with zero attached hydrogens (tertiary/aromatic N) is 2. The number of rotatable bonds is 4. The predicted octanol–water partition coefficient (Wildman–Crippen LogP) is 3.86. The first-order valence-electron chi connectivity index (χ1n) is 7.76. The summed E-state index contributed by atoms with van der Waals surface area (Å²) in [6, 6.07) is 16.7. The minimum Gasteiger partial charge on any atom is -0.545 e. The number of hydrogen-bond donors (Lipinski definition) is 0. The average molecular weight is 352 g/mol. The first-order chi connectivity index (χ1) is 12.0. The number of halogens is 1. The van der Waals surface area contributed by atoms with Crippen molar-refractivity contribution < 1.29 is 9.90 Å². The van der Waals surface area contributed by atoms with Crippen LogP contribution in [0.2, 0.25) is 5.02 Å². The van der Waals surface area contributed by atoms with Crippen LogP contribution in [0.5, 0.6) is 0 Å². The number of carbonyl (C=O) groups is 1. The molecule has 0 fully saturated rings. The number of benzene rings is 2. The maximum Gasteiger partial charge on any atom is 0.0731 e. The van der Waals surface area contributed by atoms with Gasteiger partial charge in [0, 0.05) is 39.4 Å². The van der Waals surface area contributed by atoms with Crippen LogP contribution in [0.4, 0.5) is 5.69 Å². The summed E-state index contributed by atoms with van der Waals surface area (Å²) in [7, 11) is 0. The van der Waals surface area contributed by atoms with Crippen LogP contribution in [0.15, 0.2) is 59.6 Å². The molecule has 0 radical (unpaired) electrons. The van der Waals surface area contributed by atoms with E-state index in [4.69, 9.17) is 11.6 Å². The van der Waals surface area contributed by atoms with Crippen molar-refractivity contribution in [3.8, 4) is 5.69 Å². The summed E-state index contributed by atoms with van der Waals surface area (Å²) in [5.74, 6) is -1.32. The van der Waals surface area contributed by atoms with Gasteiger partial charge in [-0.2, -0.15) is 0 Å². The highest BCUT2D eigenvalue weighted by molar-refractivity contribution is 6.33. The smallest absolute Gasteiger partial charge is 0.0731 e. The molecule has 25 heavy (non-hydrogen) atoms. The second kappa shape index (κ2) is 6.95. The molecule has 2 aromatic carbocycles. The second-order valence-electron chi connectivity index (χ2n) is 5.71. The number of aromatic carboxylic acids is 1.